The van der Waals surface area contributed by atoms with Crippen LogP contribution in [0.1, 0.15) is 35.2 Å². The second-order valence-electron chi connectivity index (χ2n) is 4.56. The van der Waals surface area contributed by atoms with E-state index in [1.54, 1.807) is 6.92 Å². The molecule has 0 aliphatic carbocycles. The minimum atomic E-state index is -0.477. The summed E-state index contributed by atoms with van der Waals surface area (Å²) in [5.41, 5.74) is 0.668. The number of hydrogen-bond donors (Lipinski definition) is 1. The number of hydrogen-bond acceptors (Lipinski definition) is 5. The van der Waals surface area contributed by atoms with Crippen LogP contribution in [0.3, 0.4) is 0 Å². The van der Waals surface area contributed by atoms with Gasteiger partial charge >= 0.3 is 5.97 Å². The van der Waals surface area contributed by atoms with Crippen LogP contribution in [0.15, 0.2) is 16.2 Å². The Bertz CT molecular complexity index is 633. The molecule has 1 amide bonds. The van der Waals surface area contributed by atoms with Crippen LogP contribution < -0.4 is 5.32 Å². The molecule has 2 heterocycles. The third kappa shape index (κ3) is 2.97. The first-order valence-electron chi connectivity index (χ1n) is 6.51. The zero-order valence-corrected chi connectivity index (χ0v) is 12.9. The Hall–Kier alpha value is -2.15. The number of thiocarbonyl (C=S) groups is 1. The lowest BCUT2D eigenvalue weighted by Crippen LogP contribution is -2.31. The Morgan fingerprint density at radius 3 is 2.90 bits per heavy atom. The number of nitrogens with zero attached hydrogens (tertiary/aromatic N) is 1. The summed E-state index contributed by atoms with van der Waals surface area (Å²) in [4.78, 5) is 25.2. The molecule has 0 unspecified atom stereocenters. The molecule has 112 valence electrons. The maximum atomic E-state index is 12.2. The molecular weight excluding hydrogens is 292 g/mol. The molecule has 2 rings (SSSR count). The van der Waals surface area contributed by atoms with E-state index in [9.17, 15) is 9.59 Å². The molecule has 1 aliphatic heterocycles. The average Bonchev–Trinajstić information content (AvgIpc) is 2.94. The van der Waals surface area contributed by atoms with Crippen LogP contribution in [0.5, 0.6) is 0 Å². The summed E-state index contributed by atoms with van der Waals surface area (Å²) in [5, 5.41) is 3.23. The lowest BCUT2D eigenvalue weighted by atomic mass is 10.2. The maximum Gasteiger partial charge on any atom is 0.341 e. The quantitative estimate of drug-likeness (QED) is 0.520. The van der Waals surface area contributed by atoms with Gasteiger partial charge in [0.15, 0.2) is 5.11 Å². The SMILES string of the molecule is CCCN1C(=O)/C(=C/c2cc(C(=O)OC)c(C)o2)NC1=S. The topological polar surface area (TPSA) is 71.8 Å². The van der Waals surface area contributed by atoms with Crippen LogP contribution in [0.25, 0.3) is 6.08 Å². The summed E-state index contributed by atoms with van der Waals surface area (Å²) in [6.45, 7) is 4.19. The minimum absolute atomic E-state index is 0.199. The van der Waals surface area contributed by atoms with E-state index < -0.39 is 5.97 Å². The summed E-state index contributed by atoms with van der Waals surface area (Å²) >= 11 is 5.12. The maximum absolute atomic E-state index is 12.2. The third-order valence-corrected chi connectivity index (χ3v) is 3.36. The molecule has 0 spiro atoms. The smallest absolute Gasteiger partial charge is 0.341 e. The van der Waals surface area contributed by atoms with Gasteiger partial charge in [0, 0.05) is 12.6 Å². The van der Waals surface area contributed by atoms with Crippen molar-refractivity contribution in [3.63, 3.8) is 0 Å². The van der Waals surface area contributed by atoms with Gasteiger partial charge in [-0.25, -0.2) is 4.79 Å². The number of esters is 1. The number of nitrogens with one attached hydrogen (secondary N) is 1. The van der Waals surface area contributed by atoms with E-state index in [2.05, 4.69) is 10.1 Å². The largest absolute Gasteiger partial charge is 0.465 e. The summed E-state index contributed by atoms with van der Waals surface area (Å²) < 4.78 is 10.1. The Morgan fingerprint density at radius 2 is 2.29 bits per heavy atom. The molecule has 0 radical (unpaired) electrons. The van der Waals surface area contributed by atoms with Gasteiger partial charge < -0.3 is 14.5 Å². The molecule has 0 saturated carbocycles. The summed E-state index contributed by atoms with van der Waals surface area (Å²) in [5.74, 6) is 0.155. The number of rotatable bonds is 4. The number of ether oxygens (including phenoxy) is 1. The standard InChI is InChI=1S/C14H16N2O4S/c1-4-5-16-12(17)11(15-14(16)21)7-9-6-10(8(2)20-9)13(18)19-3/h6-7H,4-5H2,1-3H3,(H,15,21)/b11-7-. The predicted molar refractivity (Wildman–Crippen MR) is 80.5 cm³/mol. The first-order valence-corrected chi connectivity index (χ1v) is 6.92. The molecule has 0 bridgehead atoms. The van der Waals surface area contributed by atoms with E-state index >= 15 is 0 Å². The van der Waals surface area contributed by atoms with Crippen LogP contribution in [0, 0.1) is 6.92 Å². The Kier molecular flexibility index (Phi) is 4.42. The van der Waals surface area contributed by atoms with Gasteiger partial charge in [-0.3, -0.25) is 9.69 Å². The molecule has 0 aromatic carbocycles. The van der Waals surface area contributed by atoms with E-state index in [0.717, 1.165) is 6.42 Å². The van der Waals surface area contributed by atoms with Crippen molar-refractivity contribution in [2.24, 2.45) is 0 Å². The van der Waals surface area contributed by atoms with E-state index in [0.29, 0.717) is 34.4 Å². The van der Waals surface area contributed by atoms with Crippen LogP contribution in [0.4, 0.5) is 0 Å². The first kappa shape index (κ1) is 15.2. The van der Waals surface area contributed by atoms with Crippen LogP contribution in [-0.4, -0.2) is 35.5 Å². The van der Waals surface area contributed by atoms with Crippen LogP contribution in [-0.2, 0) is 9.53 Å². The zero-order chi connectivity index (χ0) is 15.6. The molecule has 1 aromatic rings. The monoisotopic (exact) mass is 308 g/mol. The van der Waals surface area contributed by atoms with Gasteiger partial charge in [-0.2, -0.15) is 0 Å². The molecule has 1 aromatic heterocycles. The Labute approximate surface area is 127 Å². The number of carbonyl (C=O) groups is 2. The van der Waals surface area contributed by atoms with Crippen LogP contribution >= 0.6 is 12.2 Å². The molecule has 0 atom stereocenters. The Morgan fingerprint density at radius 1 is 1.57 bits per heavy atom. The molecule has 1 fully saturated rings. The van der Waals surface area contributed by atoms with Gasteiger partial charge in [0.05, 0.1) is 7.11 Å². The molecule has 6 nitrogen and oxygen atoms in total. The average molecular weight is 308 g/mol. The highest BCUT2D eigenvalue weighted by molar-refractivity contribution is 7.80. The van der Waals surface area contributed by atoms with E-state index in [-0.39, 0.29) is 5.91 Å². The Balaban J connectivity index is 2.27. The van der Waals surface area contributed by atoms with Crippen molar-refractivity contribution in [1.29, 1.82) is 0 Å². The summed E-state index contributed by atoms with van der Waals surface area (Å²) in [7, 11) is 1.30. The van der Waals surface area contributed by atoms with E-state index in [4.69, 9.17) is 16.6 Å². The third-order valence-electron chi connectivity index (χ3n) is 3.04. The molecule has 7 heteroatoms. The van der Waals surface area contributed by atoms with Crippen molar-refractivity contribution >= 4 is 35.3 Å². The van der Waals surface area contributed by atoms with E-state index in [1.165, 1.54) is 24.2 Å². The fourth-order valence-electron chi connectivity index (χ4n) is 2.03. The molecular formula is C14H16N2O4S. The normalized spacial score (nSPS) is 16.5. The lowest BCUT2D eigenvalue weighted by Gasteiger charge is -2.11. The van der Waals surface area contributed by atoms with Crippen molar-refractivity contribution < 1.29 is 18.7 Å². The van der Waals surface area contributed by atoms with Crippen molar-refractivity contribution in [1.82, 2.24) is 10.2 Å². The zero-order valence-electron chi connectivity index (χ0n) is 12.1. The predicted octanol–water partition coefficient (Wildman–Crippen LogP) is 1.84. The minimum Gasteiger partial charge on any atom is -0.465 e. The lowest BCUT2D eigenvalue weighted by molar-refractivity contribution is -0.122. The van der Waals surface area contributed by atoms with Gasteiger partial charge in [0.25, 0.3) is 5.91 Å². The first-order chi connectivity index (χ1) is 9.97. The number of amides is 1. The molecule has 21 heavy (non-hydrogen) atoms. The van der Waals surface area contributed by atoms with Crippen molar-refractivity contribution in [3.8, 4) is 0 Å². The fraction of sp³-hybridized carbons (Fsp3) is 0.357. The van der Waals surface area contributed by atoms with Crippen molar-refractivity contribution in [2.75, 3.05) is 13.7 Å². The van der Waals surface area contributed by atoms with Crippen LogP contribution in [0.2, 0.25) is 0 Å². The highest BCUT2D eigenvalue weighted by Gasteiger charge is 2.30. The molecule has 1 aliphatic rings. The number of aryl methyl sites for hydroxylation is 1. The van der Waals surface area contributed by atoms with Crippen molar-refractivity contribution in [2.45, 2.75) is 20.3 Å². The highest BCUT2D eigenvalue weighted by atomic mass is 32.1. The fourth-order valence-corrected chi connectivity index (χ4v) is 2.31. The van der Waals surface area contributed by atoms with Crippen molar-refractivity contribution in [3.05, 3.63) is 28.8 Å². The van der Waals surface area contributed by atoms with Gasteiger partial charge in [0.1, 0.15) is 22.8 Å². The molecule has 1 saturated heterocycles. The summed E-state index contributed by atoms with van der Waals surface area (Å²) in [6.07, 6.45) is 2.34. The summed E-state index contributed by atoms with van der Waals surface area (Å²) in [6, 6.07) is 1.54. The second kappa shape index (κ2) is 6.09. The number of furan rings is 1. The van der Waals surface area contributed by atoms with Gasteiger partial charge in [-0.1, -0.05) is 6.92 Å². The van der Waals surface area contributed by atoms with Gasteiger partial charge in [-0.15, -0.1) is 0 Å². The highest BCUT2D eigenvalue weighted by Crippen LogP contribution is 2.20. The number of carbonyl (C=O) groups excluding carboxylic acids is 2. The molecule has 1 N–H and O–H groups in total. The van der Waals surface area contributed by atoms with Gasteiger partial charge in [0.2, 0.25) is 0 Å². The van der Waals surface area contributed by atoms with E-state index in [1.807, 2.05) is 6.92 Å². The number of methoxy groups -OCH3 is 1. The van der Waals surface area contributed by atoms with Gasteiger partial charge in [-0.05, 0) is 31.6 Å². The second-order valence-corrected chi connectivity index (χ2v) is 4.94.